The van der Waals surface area contributed by atoms with Crippen molar-refractivity contribution in [2.45, 2.75) is 83.0 Å². The van der Waals surface area contributed by atoms with Gasteiger partial charge in [0.25, 0.3) is 0 Å². The van der Waals surface area contributed by atoms with E-state index in [0.717, 1.165) is 0 Å². The fourth-order valence-electron chi connectivity index (χ4n) is 3.39. The minimum atomic E-state index is -1.51. The zero-order valence-electron chi connectivity index (χ0n) is 23.0. The largest absolute Gasteiger partial charge is 0.481 e. The number of hydrogen-bond acceptors (Lipinski definition) is 8. The fourth-order valence-corrected chi connectivity index (χ4v) is 3.39. The van der Waals surface area contributed by atoms with E-state index in [9.17, 15) is 29.1 Å². The smallest absolute Gasteiger partial charge is 0.326 e. The summed E-state index contributed by atoms with van der Waals surface area (Å²) in [6.07, 6.45) is 0.374. The summed E-state index contributed by atoms with van der Waals surface area (Å²) in [6.45, 7) is 3.94. The van der Waals surface area contributed by atoms with Crippen molar-refractivity contribution in [3.8, 4) is 0 Å². The molecule has 17 nitrogen and oxygen atoms in total. The van der Waals surface area contributed by atoms with Crippen LogP contribution in [0.5, 0.6) is 0 Å². The molecule has 0 radical (unpaired) electrons. The van der Waals surface area contributed by atoms with E-state index in [2.05, 4.69) is 25.9 Å². The summed E-state index contributed by atoms with van der Waals surface area (Å²) >= 11 is 0. The first kappa shape index (κ1) is 35.9. The maximum absolute atomic E-state index is 13.3. The average molecular weight is 573 g/mol. The number of carbonyl (C=O) groups excluding carboxylic acids is 3. The van der Waals surface area contributed by atoms with Gasteiger partial charge in [-0.1, -0.05) is 20.3 Å². The van der Waals surface area contributed by atoms with Crippen molar-refractivity contribution in [2.24, 2.45) is 44.6 Å². The number of nitrogens with zero attached hydrogens (tertiary/aromatic N) is 2. The van der Waals surface area contributed by atoms with Gasteiger partial charge in [0.1, 0.15) is 18.1 Å². The summed E-state index contributed by atoms with van der Waals surface area (Å²) in [5, 5.41) is 25.7. The molecule has 0 rings (SSSR count). The van der Waals surface area contributed by atoms with Crippen molar-refractivity contribution in [1.82, 2.24) is 16.0 Å². The molecule has 0 saturated carbocycles. The first-order valence-corrected chi connectivity index (χ1v) is 12.9. The molecule has 40 heavy (non-hydrogen) atoms. The Morgan fingerprint density at radius 2 is 1.15 bits per heavy atom. The molecule has 5 unspecified atom stereocenters. The molecule has 17 heteroatoms. The van der Waals surface area contributed by atoms with E-state index >= 15 is 0 Å². The van der Waals surface area contributed by atoms with Crippen molar-refractivity contribution in [3.05, 3.63) is 0 Å². The number of rotatable bonds is 20. The van der Waals surface area contributed by atoms with Crippen LogP contribution in [0.3, 0.4) is 0 Å². The van der Waals surface area contributed by atoms with Crippen LogP contribution in [0.15, 0.2) is 9.98 Å². The first-order valence-electron chi connectivity index (χ1n) is 12.9. The number of guanidine groups is 2. The summed E-state index contributed by atoms with van der Waals surface area (Å²) in [5.41, 5.74) is 27.3. The minimum absolute atomic E-state index is 0.000667. The van der Waals surface area contributed by atoms with Gasteiger partial charge in [-0.25, -0.2) is 4.79 Å². The van der Waals surface area contributed by atoms with Crippen LogP contribution in [0.1, 0.15) is 58.8 Å². The van der Waals surface area contributed by atoms with Crippen molar-refractivity contribution in [2.75, 3.05) is 13.1 Å². The zero-order chi connectivity index (χ0) is 30.8. The Morgan fingerprint density at radius 1 is 0.725 bits per heavy atom. The van der Waals surface area contributed by atoms with E-state index in [1.54, 1.807) is 6.92 Å². The summed E-state index contributed by atoms with van der Waals surface area (Å²) in [6, 6.07) is -4.77. The molecule has 0 aliphatic carbocycles. The molecule has 0 aromatic heterocycles. The summed E-state index contributed by atoms with van der Waals surface area (Å²) < 4.78 is 0. The Balaban J connectivity index is 5.82. The minimum Gasteiger partial charge on any atom is -0.481 e. The summed E-state index contributed by atoms with van der Waals surface area (Å²) in [5.74, 6) is -5.32. The van der Waals surface area contributed by atoms with Crippen LogP contribution >= 0.6 is 0 Å². The second kappa shape index (κ2) is 19.0. The number of nitrogens with two attached hydrogens (primary N) is 5. The van der Waals surface area contributed by atoms with Crippen molar-refractivity contribution < 1.29 is 34.2 Å². The Morgan fingerprint density at radius 3 is 1.52 bits per heavy atom. The van der Waals surface area contributed by atoms with Crippen LogP contribution in [0.25, 0.3) is 0 Å². The quantitative estimate of drug-likeness (QED) is 0.0393. The summed E-state index contributed by atoms with van der Waals surface area (Å²) in [4.78, 5) is 69.1. The van der Waals surface area contributed by atoms with Gasteiger partial charge in [0.15, 0.2) is 11.9 Å². The van der Waals surface area contributed by atoms with E-state index in [1.165, 1.54) is 0 Å². The van der Waals surface area contributed by atoms with E-state index < -0.39 is 60.2 Å². The van der Waals surface area contributed by atoms with Gasteiger partial charge in [-0.05, 0) is 38.0 Å². The molecule has 0 aliphatic heterocycles. The van der Waals surface area contributed by atoms with Crippen LogP contribution in [0.2, 0.25) is 0 Å². The number of carbonyl (C=O) groups is 5. The zero-order valence-corrected chi connectivity index (χ0v) is 23.0. The maximum Gasteiger partial charge on any atom is 0.326 e. The topological polar surface area (TPSA) is 317 Å². The third-order valence-electron chi connectivity index (χ3n) is 5.98. The van der Waals surface area contributed by atoms with Crippen molar-refractivity contribution in [3.63, 3.8) is 0 Å². The monoisotopic (exact) mass is 572 g/mol. The van der Waals surface area contributed by atoms with Gasteiger partial charge in [0, 0.05) is 19.5 Å². The lowest BCUT2D eigenvalue weighted by molar-refractivity contribution is -0.143. The fraction of sp³-hybridized carbons (Fsp3) is 0.696. The third-order valence-corrected chi connectivity index (χ3v) is 5.98. The maximum atomic E-state index is 13.3. The Labute approximate surface area is 232 Å². The Kier molecular flexibility index (Phi) is 17.0. The SMILES string of the molecule is CCC(C)C(N)C(=O)NC(CCCN=C(N)N)C(=O)NC(CCCN=C(N)N)C(=O)NC(CCC(=O)O)C(=O)O. The van der Waals surface area contributed by atoms with Gasteiger partial charge in [-0.3, -0.25) is 29.2 Å². The molecule has 3 amide bonds. The molecule has 5 atom stereocenters. The van der Waals surface area contributed by atoms with Crippen LogP contribution in [0, 0.1) is 5.92 Å². The molecule has 0 saturated heterocycles. The molecule has 0 aromatic carbocycles. The number of aliphatic imine (C=N–C) groups is 2. The van der Waals surface area contributed by atoms with E-state index in [1.807, 2.05) is 6.92 Å². The first-order chi connectivity index (χ1) is 18.7. The standard InChI is InChI=1S/C23H44N10O7/c1-3-12(2)17(24)20(38)32-14(7-5-11-30-23(27)28)18(36)31-13(6-4-10-29-22(25)26)19(37)33-15(21(39)40)8-9-16(34)35/h12-15,17H,3-11,24H2,1-2H3,(H,31,36)(H,32,38)(H,33,37)(H,34,35)(H,39,40)(H4,25,26,29)(H4,27,28,30). The molecule has 15 N–H and O–H groups in total. The number of amides is 3. The van der Waals surface area contributed by atoms with Gasteiger partial charge >= 0.3 is 11.9 Å². The number of nitrogens with one attached hydrogen (secondary N) is 3. The molecule has 0 aliphatic rings. The molecule has 0 bridgehead atoms. The lowest BCUT2D eigenvalue weighted by Gasteiger charge is -2.26. The highest BCUT2D eigenvalue weighted by Gasteiger charge is 2.31. The van der Waals surface area contributed by atoms with Gasteiger partial charge < -0.3 is 54.8 Å². The summed E-state index contributed by atoms with van der Waals surface area (Å²) in [7, 11) is 0. The van der Waals surface area contributed by atoms with Crippen molar-refractivity contribution in [1.29, 1.82) is 0 Å². The second-order valence-electron chi connectivity index (χ2n) is 9.26. The normalized spacial score (nSPS) is 14.4. The number of carboxylic acids is 2. The molecule has 0 aromatic rings. The van der Waals surface area contributed by atoms with Gasteiger partial charge in [0.2, 0.25) is 17.7 Å². The molecule has 0 spiro atoms. The average Bonchev–Trinajstić information content (AvgIpc) is 2.87. The highest BCUT2D eigenvalue weighted by Crippen LogP contribution is 2.09. The molecular weight excluding hydrogens is 528 g/mol. The van der Waals surface area contributed by atoms with Crippen molar-refractivity contribution >= 4 is 41.6 Å². The van der Waals surface area contributed by atoms with Gasteiger partial charge in [-0.15, -0.1) is 0 Å². The highest BCUT2D eigenvalue weighted by molar-refractivity contribution is 5.94. The van der Waals surface area contributed by atoms with Crippen LogP contribution in [-0.2, 0) is 24.0 Å². The van der Waals surface area contributed by atoms with Crippen LogP contribution < -0.4 is 44.6 Å². The highest BCUT2D eigenvalue weighted by atomic mass is 16.4. The predicted molar refractivity (Wildman–Crippen MR) is 148 cm³/mol. The number of hydrogen-bond donors (Lipinski definition) is 10. The third kappa shape index (κ3) is 15.3. The van der Waals surface area contributed by atoms with Crippen LogP contribution in [0.4, 0.5) is 0 Å². The van der Waals surface area contributed by atoms with E-state index in [4.69, 9.17) is 33.8 Å². The number of aliphatic carboxylic acids is 2. The lowest BCUT2D eigenvalue weighted by Crippen LogP contribution is -2.57. The molecule has 228 valence electrons. The number of carboxylic acid groups (broad SMARTS) is 2. The lowest BCUT2D eigenvalue weighted by atomic mass is 9.98. The Bertz CT molecular complexity index is 920. The predicted octanol–water partition coefficient (Wildman–Crippen LogP) is -3.13. The van der Waals surface area contributed by atoms with Gasteiger partial charge in [0.05, 0.1) is 6.04 Å². The van der Waals surface area contributed by atoms with E-state index in [-0.39, 0.29) is 56.6 Å². The van der Waals surface area contributed by atoms with E-state index in [0.29, 0.717) is 12.8 Å². The molecule has 0 fully saturated rings. The second-order valence-corrected chi connectivity index (χ2v) is 9.26. The Hall–Kier alpha value is -4.15. The van der Waals surface area contributed by atoms with Crippen LogP contribution in [-0.4, -0.2) is 89.0 Å². The molecular formula is C23H44N10O7. The molecule has 0 heterocycles. The van der Waals surface area contributed by atoms with Gasteiger partial charge in [-0.2, -0.15) is 0 Å².